The lowest BCUT2D eigenvalue weighted by Gasteiger charge is -2.05. The summed E-state index contributed by atoms with van der Waals surface area (Å²) in [5.41, 5.74) is 0.343. The lowest BCUT2D eigenvalue weighted by atomic mass is 10.1. The molecule has 0 aromatic heterocycles. The zero-order valence-electron chi connectivity index (χ0n) is 7.33. The van der Waals surface area contributed by atoms with Crippen LogP contribution in [0, 0.1) is 0 Å². The number of carbonyl (C=O) groups is 1. The van der Waals surface area contributed by atoms with Crippen molar-refractivity contribution in [2.75, 3.05) is 0 Å². The maximum absolute atomic E-state index is 13.2. The van der Waals surface area contributed by atoms with Crippen molar-refractivity contribution in [1.82, 2.24) is 0 Å². The molecule has 0 bridgehead atoms. The van der Waals surface area contributed by atoms with E-state index in [0.717, 1.165) is 0 Å². The fraction of sp³-hybridized carbons (Fsp3) is 0.300. The summed E-state index contributed by atoms with van der Waals surface area (Å²) in [4.78, 5) is 10.6. The van der Waals surface area contributed by atoms with Gasteiger partial charge in [-0.2, -0.15) is 0 Å². The Morgan fingerprint density at radius 1 is 1.62 bits per heavy atom. The third-order valence-electron chi connectivity index (χ3n) is 1.70. The van der Waals surface area contributed by atoms with Crippen LogP contribution in [-0.2, 0) is 4.79 Å². The Morgan fingerprint density at radius 3 is 2.85 bits per heavy atom. The highest BCUT2D eigenvalue weighted by Crippen LogP contribution is 2.24. The Balaban J connectivity index is 2.76. The van der Waals surface area contributed by atoms with Crippen molar-refractivity contribution in [3.05, 3.63) is 29.8 Å². The Labute approximate surface area is 76.0 Å². The quantitative estimate of drug-likeness (QED) is 0.779. The largest absolute Gasteiger partial charge is 0.508 e. The highest BCUT2D eigenvalue weighted by atomic mass is 19.1. The van der Waals surface area contributed by atoms with Crippen molar-refractivity contribution in [3.63, 3.8) is 0 Å². The second kappa shape index (κ2) is 4.03. The zero-order chi connectivity index (χ0) is 9.84. The molecular formula is C10H11FO2. The maximum atomic E-state index is 13.2. The molecule has 0 aliphatic rings. The minimum atomic E-state index is -1.32. The summed E-state index contributed by atoms with van der Waals surface area (Å²) in [6, 6.07) is 5.89. The third kappa shape index (κ3) is 2.86. The van der Waals surface area contributed by atoms with Crippen molar-refractivity contribution in [2.24, 2.45) is 0 Å². The molecule has 1 unspecified atom stereocenters. The van der Waals surface area contributed by atoms with Gasteiger partial charge in [-0.1, -0.05) is 12.1 Å². The van der Waals surface area contributed by atoms with Crippen molar-refractivity contribution >= 4 is 5.78 Å². The van der Waals surface area contributed by atoms with Crippen LogP contribution in [0.15, 0.2) is 24.3 Å². The molecule has 0 radical (unpaired) electrons. The third-order valence-corrected chi connectivity index (χ3v) is 1.70. The summed E-state index contributed by atoms with van der Waals surface area (Å²) in [7, 11) is 0. The van der Waals surface area contributed by atoms with E-state index < -0.39 is 6.17 Å². The van der Waals surface area contributed by atoms with Crippen molar-refractivity contribution in [3.8, 4) is 5.75 Å². The first kappa shape index (κ1) is 9.71. The van der Waals surface area contributed by atoms with E-state index in [2.05, 4.69) is 0 Å². The molecule has 0 fully saturated rings. The number of halogens is 1. The Kier molecular flexibility index (Phi) is 3.01. The average Bonchev–Trinajstić information content (AvgIpc) is 2.03. The number of hydrogen-bond donors (Lipinski definition) is 1. The van der Waals surface area contributed by atoms with E-state index in [1.54, 1.807) is 12.1 Å². The Morgan fingerprint density at radius 2 is 2.31 bits per heavy atom. The Bertz CT molecular complexity index is 310. The van der Waals surface area contributed by atoms with Gasteiger partial charge in [0.05, 0.1) is 0 Å². The standard InChI is InChI=1S/C10H11FO2/c1-7(12)5-10(11)8-3-2-4-9(13)6-8/h2-4,6,10,13H,5H2,1H3. The van der Waals surface area contributed by atoms with Crippen molar-refractivity contribution in [1.29, 1.82) is 0 Å². The fourth-order valence-electron chi connectivity index (χ4n) is 1.09. The van der Waals surface area contributed by atoms with Gasteiger partial charge in [-0.05, 0) is 24.6 Å². The topological polar surface area (TPSA) is 37.3 Å². The molecule has 0 spiro atoms. The van der Waals surface area contributed by atoms with Gasteiger partial charge < -0.3 is 5.11 Å². The summed E-state index contributed by atoms with van der Waals surface area (Å²) >= 11 is 0. The van der Waals surface area contributed by atoms with Crippen LogP contribution in [-0.4, -0.2) is 10.9 Å². The molecule has 2 nitrogen and oxygen atoms in total. The molecule has 1 rings (SSSR count). The normalized spacial score (nSPS) is 12.5. The van der Waals surface area contributed by atoms with E-state index in [4.69, 9.17) is 5.11 Å². The maximum Gasteiger partial charge on any atom is 0.133 e. The van der Waals surface area contributed by atoms with Crippen LogP contribution >= 0.6 is 0 Å². The number of phenols is 1. The lowest BCUT2D eigenvalue weighted by molar-refractivity contribution is -0.118. The number of phenolic OH excluding ortho intramolecular Hbond substituents is 1. The van der Waals surface area contributed by atoms with Gasteiger partial charge in [0, 0.05) is 6.42 Å². The van der Waals surface area contributed by atoms with Crippen LogP contribution in [0.1, 0.15) is 25.1 Å². The minimum absolute atomic E-state index is 0.0173. The second-order valence-corrected chi connectivity index (χ2v) is 2.97. The minimum Gasteiger partial charge on any atom is -0.508 e. The number of hydrogen-bond acceptors (Lipinski definition) is 2. The van der Waals surface area contributed by atoms with E-state index in [1.807, 2.05) is 0 Å². The molecule has 0 saturated heterocycles. The monoisotopic (exact) mass is 182 g/mol. The molecule has 1 atom stereocenters. The van der Waals surface area contributed by atoms with E-state index in [9.17, 15) is 9.18 Å². The molecule has 70 valence electrons. The van der Waals surface area contributed by atoms with Gasteiger partial charge in [-0.15, -0.1) is 0 Å². The van der Waals surface area contributed by atoms with Crippen LogP contribution in [0.5, 0.6) is 5.75 Å². The number of alkyl halides is 1. The van der Waals surface area contributed by atoms with Gasteiger partial charge >= 0.3 is 0 Å². The summed E-state index contributed by atoms with van der Waals surface area (Å²) in [5.74, 6) is -0.181. The molecule has 1 aromatic carbocycles. The van der Waals surface area contributed by atoms with Crippen LogP contribution < -0.4 is 0 Å². The molecule has 0 aliphatic carbocycles. The molecule has 0 heterocycles. The molecule has 0 aliphatic heterocycles. The molecule has 0 saturated carbocycles. The molecular weight excluding hydrogens is 171 g/mol. The first-order valence-corrected chi connectivity index (χ1v) is 4.02. The van der Waals surface area contributed by atoms with Crippen LogP contribution in [0.4, 0.5) is 4.39 Å². The molecule has 3 heteroatoms. The Hall–Kier alpha value is -1.38. The van der Waals surface area contributed by atoms with Gasteiger partial charge in [0.2, 0.25) is 0 Å². The van der Waals surface area contributed by atoms with Gasteiger partial charge in [0.25, 0.3) is 0 Å². The number of carbonyl (C=O) groups excluding carboxylic acids is 1. The molecule has 0 amide bonds. The highest BCUT2D eigenvalue weighted by molar-refractivity contribution is 5.76. The van der Waals surface area contributed by atoms with Crippen LogP contribution in [0.25, 0.3) is 0 Å². The SMILES string of the molecule is CC(=O)CC(F)c1cccc(O)c1. The smallest absolute Gasteiger partial charge is 0.133 e. The van der Waals surface area contributed by atoms with Crippen molar-refractivity contribution in [2.45, 2.75) is 19.5 Å². The average molecular weight is 182 g/mol. The second-order valence-electron chi connectivity index (χ2n) is 2.97. The molecule has 1 aromatic rings. The van der Waals surface area contributed by atoms with Gasteiger partial charge in [-0.3, -0.25) is 4.79 Å². The van der Waals surface area contributed by atoms with E-state index in [0.29, 0.717) is 5.56 Å². The van der Waals surface area contributed by atoms with Crippen molar-refractivity contribution < 1.29 is 14.3 Å². The molecule has 13 heavy (non-hydrogen) atoms. The number of aromatic hydroxyl groups is 1. The zero-order valence-corrected chi connectivity index (χ0v) is 7.33. The van der Waals surface area contributed by atoms with E-state index >= 15 is 0 Å². The summed E-state index contributed by atoms with van der Waals surface area (Å²) in [5, 5.41) is 9.04. The highest BCUT2D eigenvalue weighted by Gasteiger charge is 2.12. The van der Waals surface area contributed by atoms with E-state index in [-0.39, 0.29) is 18.0 Å². The number of benzene rings is 1. The first-order chi connectivity index (χ1) is 6.09. The first-order valence-electron chi connectivity index (χ1n) is 4.02. The van der Waals surface area contributed by atoms with Gasteiger partial charge in [0.1, 0.15) is 17.7 Å². The van der Waals surface area contributed by atoms with Gasteiger partial charge in [-0.25, -0.2) is 4.39 Å². The number of ketones is 1. The van der Waals surface area contributed by atoms with Crippen LogP contribution in [0.3, 0.4) is 0 Å². The summed E-state index contributed by atoms with van der Waals surface area (Å²) in [6.45, 7) is 1.34. The predicted molar refractivity (Wildman–Crippen MR) is 47.3 cm³/mol. The molecule has 1 N–H and O–H groups in total. The fourth-order valence-corrected chi connectivity index (χ4v) is 1.09. The predicted octanol–water partition coefficient (Wildman–Crippen LogP) is 2.38. The van der Waals surface area contributed by atoms with Crippen LogP contribution in [0.2, 0.25) is 0 Å². The van der Waals surface area contributed by atoms with Gasteiger partial charge in [0.15, 0.2) is 0 Å². The number of Topliss-reactive ketones (excluding diaryl/α,β-unsaturated/α-hetero) is 1. The lowest BCUT2D eigenvalue weighted by Crippen LogP contribution is -1.98. The summed E-state index contributed by atoms with van der Waals surface area (Å²) < 4.78 is 13.2. The number of rotatable bonds is 3. The van der Waals surface area contributed by atoms with E-state index in [1.165, 1.54) is 19.1 Å². The summed E-state index contributed by atoms with van der Waals surface area (Å²) in [6.07, 6.45) is -1.45.